The standard InChI is InChI=1S/C33H35ClFN5O4S/c1-2-44-32(43)23-4-12-28(13-5-23)40-31(42)29(22-30(41)36-26-10-6-24(34)7-11-26)39(33(40)45)17-3-16-37-18-20-38(21-19-37)27-14-8-25(35)9-15-27/h4-15,29H,2-3,16-22H2,1H3,(H,36,41)/t29-/m1/s1. The summed E-state index contributed by atoms with van der Waals surface area (Å²) in [6, 6.07) is 19.0. The third-order valence-electron chi connectivity index (χ3n) is 7.90. The quantitative estimate of drug-likeness (QED) is 0.224. The number of halogens is 2. The highest BCUT2D eigenvalue weighted by atomic mass is 35.5. The first-order valence-electron chi connectivity index (χ1n) is 14.9. The molecule has 1 N–H and O–H groups in total. The lowest BCUT2D eigenvalue weighted by Gasteiger charge is -2.36. The topological polar surface area (TPSA) is 85.4 Å². The Balaban J connectivity index is 1.24. The van der Waals surface area contributed by atoms with Crippen LogP contribution >= 0.6 is 23.8 Å². The predicted octanol–water partition coefficient (Wildman–Crippen LogP) is 5.20. The van der Waals surface area contributed by atoms with Gasteiger partial charge in [0.25, 0.3) is 5.91 Å². The van der Waals surface area contributed by atoms with Crippen LogP contribution in [0.25, 0.3) is 0 Å². The van der Waals surface area contributed by atoms with Gasteiger partial charge in [0.15, 0.2) is 5.11 Å². The summed E-state index contributed by atoms with van der Waals surface area (Å²) in [4.78, 5) is 46.9. The van der Waals surface area contributed by atoms with Gasteiger partial charge in [0.1, 0.15) is 11.9 Å². The molecule has 2 aliphatic heterocycles. The molecule has 0 aliphatic carbocycles. The summed E-state index contributed by atoms with van der Waals surface area (Å²) in [6.45, 7) is 6.64. The van der Waals surface area contributed by atoms with Gasteiger partial charge in [-0.15, -0.1) is 0 Å². The molecule has 0 bridgehead atoms. The summed E-state index contributed by atoms with van der Waals surface area (Å²) in [7, 11) is 0. The molecule has 3 aromatic carbocycles. The molecule has 0 saturated carbocycles. The molecule has 2 saturated heterocycles. The zero-order chi connectivity index (χ0) is 31.9. The van der Waals surface area contributed by atoms with Crippen LogP contribution in [-0.4, -0.2) is 84.6 Å². The van der Waals surface area contributed by atoms with E-state index in [9.17, 15) is 18.8 Å². The Morgan fingerprint density at radius 1 is 0.933 bits per heavy atom. The number of hydrogen-bond acceptors (Lipinski definition) is 7. The van der Waals surface area contributed by atoms with E-state index in [4.69, 9.17) is 28.6 Å². The van der Waals surface area contributed by atoms with Crippen molar-refractivity contribution in [2.75, 3.05) is 61.0 Å². The van der Waals surface area contributed by atoms with Crippen LogP contribution < -0.4 is 15.1 Å². The highest BCUT2D eigenvalue weighted by Gasteiger charge is 2.44. The maximum Gasteiger partial charge on any atom is 0.338 e. The molecular weight excluding hydrogens is 617 g/mol. The van der Waals surface area contributed by atoms with E-state index >= 15 is 0 Å². The minimum atomic E-state index is -0.787. The Morgan fingerprint density at radius 2 is 1.58 bits per heavy atom. The first-order chi connectivity index (χ1) is 21.7. The second-order valence-corrected chi connectivity index (χ2v) is 11.7. The van der Waals surface area contributed by atoms with Crippen LogP contribution in [0.5, 0.6) is 0 Å². The Bertz CT molecular complexity index is 1520. The van der Waals surface area contributed by atoms with E-state index < -0.39 is 12.0 Å². The molecule has 0 unspecified atom stereocenters. The fourth-order valence-electron chi connectivity index (χ4n) is 5.55. The number of carbonyl (C=O) groups is 3. The van der Waals surface area contributed by atoms with E-state index in [2.05, 4.69) is 15.1 Å². The van der Waals surface area contributed by atoms with E-state index in [1.165, 1.54) is 17.0 Å². The third kappa shape index (κ3) is 7.97. The maximum absolute atomic E-state index is 13.8. The number of esters is 1. The monoisotopic (exact) mass is 651 g/mol. The van der Waals surface area contributed by atoms with Crippen molar-refractivity contribution in [3.05, 3.63) is 89.2 Å². The maximum atomic E-state index is 13.8. The predicted molar refractivity (Wildman–Crippen MR) is 177 cm³/mol. The lowest BCUT2D eigenvalue weighted by Crippen LogP contribution is -2.47. The summed E-state index contributed by atoms with van der Waals surface area (Å²) >= 11 is 11.8. The first-order valence-corrected chi connectivity index (χ1v) is 15.7. The smallest absolute Gasteiger partial charge is 0.338 e. The van der Waals surface area contributed by atoms with E-state index in [0.29, 0.717) is 33.6 Å². The minimum absolute atomic E-state index is 0.0879. The van der Waals surface area contributed by atoms with Crippen molar-refractivity contribution in [2.45, 2.75) is 25.8 Å². The lowest BCUT2D eigenvalue weighted by molar-refractivity contribution is -0.124. The molecule has 2 fully saturated rings. The fraction of sp³-hybridized carbons (Fsp3) is 0.333. The average molecular weight is 652 g/mol. The number of piperazine rings is 1. The number of hydrogen-bond donors (Lipinski definition) is 1. The van der Waals surface area contributed by atoms with Crippen molar-refractivity contribution in [3.63, 3.8) is 0 Å². The normalized spacial score (nSPS) is 17.1. The van der Waals surface area contributed by atoms with Gasteiger partial charge in [-0.2, -0.15) is 0 Å². The van der Waals surface area contributed by atoms with Crippen LogP contribution in [0.4, 0.5) is 21.5 Å². The highest BCUT2D eigenvalue weighted by Crippen LogP contribution is 2.28. The molecule has 3 aromatic rings. The summed E-state index contributed by atoms with van der Waals surface area (Å²) in [5.41, 5.74) is 2.47. The summed E-state index contributed by atoms with van der Waals surface area (Å²) in [6.07, 6.45) is 0.643. The summed E-state index contributed by atoms with van der Waals surface area (Å²) in [5, 5.41) is 3.71. The van der Waals surface area contributed by atoms with Crippen LogP contribution in [0.2, 0.25) is 5.02 Å². The van der Waals surface area contributed by atoms with E-state index in [-0.39, 0.29) is 30.7 Å². The first kappa shape index (κ1) is 32.3. The van der Waals surface area contributed by atoms with Gasteiger partial charge in [-0.25, -0.2) is 9.18 Å². The highest BCUT2D eigenvalue weighted by molar-refractivity contribution is 7.80. The molecule has 0 radical (unpaired) electrons. The van der Waals surface area contributed by atoms with Crippen molar-refractivity contribution in [1.82, 2.24) is 9.80 Å². The number of anilines is 3. The molecule has 45 heavy (non-hydrogen) atoms. The summed E-state index contributed by atoms with van der Waals surface area (Å²) in [5.74, 6) is -1.32. The molecule has 9 nitrogen and oxygen atoms in total. The van der Waals surface area contributed by atoms with Gasteiger partial charge >= 0.3 is 5.97 Å². The van der Waals surface area contributed by atoms with E-state index in [1.807, 2.05) is 4.90 Å². The number of ether oxygens (including phenoxy) is 1. The van der Waals surface area contributed by atoms with Gasteiger partial charge in [-0.05, 0) is 105 Å². The van der Waals surface area contributed by atoms with Gasteiger partial charge in [-0.1, -0.05) is 11.6 Å². The van der Waals surface area contributed by atoms with Crippen molar-refractivity contribution < 1.29 is 23.5 Å². The molecule has 12 heteroatoms. The second-order valence-electron chi connectivity index (χ2n) is 10.9. The zero-order valence-corrected chi connectivity index (χ0v) is 26.5. The van der Waals surface area contributed by atoms with Crippen molar-refractivity contribution in [3.8, 4) is 0 Å². The van der Waals surface area contributed by atoms with Crippen LogP contribution in [0.3, 0.4) is 0 Å². The number of carbonyl (C=O) groups excluding carboxylic acids is 3. The van der Waals surface area contributed by atoms with Gasteiger partial charge in [-0.3, -0.25) is 19.4 Å². The number of benzene rings is 3. The Labute approximate surface area is 272 Å². The van der Waals surface area contributed by atoms with Crippen molar-refractivity contribution in [1.29, 1.82) is 0 Å². The molecule has 2 amide bonds. The number of amides is 2. The molecule has 236 valence electrons. The number of rotatable bonds is 11. The molecule has 2 heterocycles. The SMILES string of the molecule is CCOC(=O)c1ccc(N2C(=O)[C@@H](CC(=O)Nc3ccc(Cl)cc3)N(CCCN3CCN(c4ccc(F)cc4)CC3)C2=S)cc1. The molecule has 2 aliphatic rings. The molecule has 0 spiro atoms. The van der Waals surface area contributed by atoms with Crippen LogP contribution in [0.15, 0.2) is 72.8 Å². The van der Waals surface area contributed by atoms with Gasteiger partial charge in [0.2, 0.25) is 5.91 Å². The number of nitrogens with one attached hydrogen (secondary N) is 1. The van der Waals surface area contributed by atoms with Crippen LogP contribution in [0, 0.1) is 5.82 Å². The molecule has 1 atom stereocenters. The average Bonchev–Trinajstić information content (AvgIpc) is 3.27. The number of nitrogens with zero attached hydrogens (tertiary/aromatic N) is 4. The minimum Gasteiger partial charge on any atom is -0.462 e. The van der Waals surface area contributed by atoms with Crippen molar-refractivity contribution in [2.24, 2.45) is 0 Å². The van der Waals surface area contributed by atoms with Crippen LogP contribution in [0.1, 0.15) is 30.1 Å². The third-order valence-corrected chi connectivity index (χ3v) is 8.57. The fourth-order valence-corrected chi connectivity index (χ4v) is 6.09. The molecular formula is C33H35ClFN5O4S. The lowest BCUT2D eigenvalue weighted by atomic mass is 10.1. The zero-order valence-electron chi connectivity index (χ0n) is 25.0. The Hall–Kier alpha value is -4.06. The Morgan fingerprint density at radius 3 is 2.22 bits per heavy atom. The van der Waals surface area contributed by atoms with Gasteiger partial charge < -0.3 is 19.9 Å². The van der Waals surface area contributed by atoms with E-state index in [0.717, 1.165) is 44.8 Å². The van der Waals surface area contributed by atoms with Crippen LogP contribution in [-0.2, 0) is 14.3 Å². The van der Waals surface area contributed by atoms with Gasteiger partial charge in [0, 0.05) is 49.1 Å². The molecule has 0 aromatic heterocycles. The molecule has 5 rings (SSSR count). The summed E-state index contributed by atoms with van der Waals surface area (Å²) < 4.78 is 18.4. The second kappa shape index (κ2) is 14.8. The van der Waals surface area contributed by atoms with Crippen molar-refractivity contribution >= 4 is 63.8 Å². The Kier molecular flexibility index (Phi) is 10.6. The van der Waals surface area contributed by atoms with E-state index in [1.54, 1.807) is 67.6 Å². The largest absolute Gasteiger partial charge is 0.462 e. The van der Waals surface area contributed by atoms with Gasteiger partial charge in [0.05, 0.1) is 24.3 Å². The number of thiocarbonyl (C=S) groups is 1.